The van der Waals surface area contributed by atoms with E-state index in [2.05, 4.69) is 35.1 Å². The van der Waals surface area contributed by atoms with E-state index in [1.807, 2.05) is 54.6 Å². The monoisotopic (exact) mass is 822 g/mol. The number of anilines is 4. The van der Waals surface area contributed by atoms with Crippen LogP contribution in [0.5, 0.6) is 0 Å². The van der Waals surface area contributed by atoms with Crippen molar-refractivity contribution in [3.05, 3.63) is 71.8 Å². The van der Waals surface area contributed by atoms with Crippen LogP contribution >= 0.6 is 0 Å². The number of carbonyl (C=O) groups is 4. The molecular formula is C46H54N4O10-2. The molecule has 7 rings (SSSR count). The molecule has 14 heteroatoms. The lowest BCUT2D eigenvalue weighted by Gasteiger charge is -2.62. The quantitative estimate of drug-likeness (QED) is 0.0536. The molecule has 4 aromatic carbocycles. The minimum absolute atomic E-state index is 0.105. The van der Waals surface area contributed by atoms with E-state index in [4.69, 9.17) is 18.9 Å². The Labute approximate surface area is 349 Å². The van der Waals surface area contributed by atoms with E-state index in [0.29, 0.717) is 33.9 Å². The summed E-state index contributed by atoms with van der Waals surface area (Å²) in [7, 11) is 0. The third-order valence-electron chi connectivity index (χ3n) is 11.8. The fraction of sp³-hybridized carbons (Fsp3) is 0.478. The Morgan fingerprint density at radius 2 is 0.900 bits per heavy atom. The second-order valence-corrected chi connectivity index (χ2v) is 16.3. The lowest BCUT2D eigenvalue weighted by molar-refractivity contribution is -0.535. The SMILES string of the molecule is CCCCCC(=O)OCC1(COC(=O)CCCCC)Nc2cccc3c(C4C([O-])C(c5ccc6c7c(cccc57)NC(COC(C)=O)(COC(C)=O)N6)C4[O-])ccc(c23)N1. The number of rotatable bonds is 18. The van der Waals surface area contributed by atoms with Crippen molar-refractivity contribution < 1.29 is 48.3 Å². The van der Waals surface area contributed by atoms with Gasteiger partial charge in [-0.05, 0) is 70.8 Å². The van der Waals surface area contributed by atoms with Crippen LogP contribution in [-0.2, 0) is 38.1 Å². The number of carbonyl (C=O) groups excluding carboxylic acids is 4. The zero-order chi connectivity index (χ0) is 42.6. The lowest BCUT2D eigenvalue weighted by atomic mass is 9.62. The Morgan fingerprint density at radius 1 is 0.533 bits per heavy atom. The Kier molecular flexibility index (Phi) is 12.7. The van der Waals surface area contributed by atoms with Crippen molar-refractivity contribution >= 4 is 68.2 Å². The zero-order valence-electron chi connectivity index (χ0n) is 34.7. The van der Waals surface area contributed by atoms with Crippen molar-refractivity contribution in [3.63, 3.8) is 0 Å². The van der Waals surface area contributed by atoms with Gasteiger partial charge in [-0.25, -0.2) is 0 Å². The van der Waals surface area contributed by atoms with Crippen LogP contribution in [0.2, 0.25) is 0 Å². The highest BCUT2D eigenvalue weighted by atomic mass is 16.6. The highest BCUT2D eigenvalue weighted by Gasteiger charge is 2.43. The van der Waals surface area contributed by atoms with Gasteiger partial charge in [0.1, 0.15) is 26.4 Å². The first kappa shape index (κ1) is 42.5. The fourth-order valence-electron chi connectivity index (χ4n) is 8.75. The Balaban J connectivity index is 1.14. The van der Waals surface area contributed by atoms with Crippen molar-refractivity contribution in [1.82, 2.24) is 0 Å². The molecule has 3 aliphatic rings. The van der Waals surface area contributed by atoms with Gasteiger partial charge >= 0.3 is 23.9 Å². The van der Waals surface area contributed by atoms with E-state index >= 15 is 0 Å². The fourth-order valence-corrected chi connectivity index (χ4v) is 8.75. The molecule has 0 spiro atoms. The molecule has 2 atom stereocenters. The molecule has 0 radical (unpaired) electrons. The number of benzene rings is 4. The molecule has 1 fully saturated rings. The molecule has 2 aliphatic heterocycles. The summed E-state index contributed by atoms with van der Waals surface area (Å²) in [6, 6.07) is 18.5. The molecule has 0 saturated heterocycles. The third kappa shape index (κ3) is 8.66. The van der Waals surface area contributed by atoms with Crippen LogP contribution in [0, 0.1) is 0 Å². The average Bonchev–Trinajstić information content (AvgIpc) is 3.23. The van der Waals surface area contributed by atoms with Crippen LogP contribution in [0.25, 0.3) is 21.5 Å². The first-order valence-electron chi connectivity index (χ1n) is 21.0. The summed E-state index contributed by atoms with van der Waals surface area (Å²) in [5, 5.41) is 45.5. The first-order valence-corrected chi connectivity index (χ1v) is 21.0. The van der Waals surface area contributed by atoms with Crippen LogP contribution in [0.4, 0.5) is 22.7 Å². The van der Waals surface area contributed by atoms with Gasteiger partial charge < -0.3 is 50.4 Å². The predicted octanol–water partition coefficient (Wildman–Crippen LogP) is 5.77. The van der Waals surface area contributed by atoms with E-state index in [1.54, 1.807) is 6.07 Å². The van der Waals surface area contributed by atoms with Gasteiger partial charge in [-0.15, -0.1) is 12.2 Å². The molecule has 60 heavy (non-hydrogen) atoms. The summed E-state index contributed by atoms with van der Waals surface area (Å²) in [6.07, 6.45) is 3.30. The Hall–Kier alpha value is -5.60. The minimum Gasteiger partial charge on any atom is -0.851 e. The van der Waals surface area contributed by atoms with Gasteiger partial charge in [-0.1, -0.05) is 75.9 Å². The molecule has 14 nitrogen and oxygen atoms in total. The molecule has 4 N–H and O–H groups in total. The zero-order valence-corrected chi connectivity index (χ0v) is 34.7. The minimum atomic E-state index is -1.25. The smallest absolute Gasteiger partial charge is 0.305 e. The van der Waals surface area contributed by atoms with Gasteiger partial charge in [0.15, 0.2) is 11.3 Å². The van der Waals surface area contributed by atoms with Gasteiger partial charge in [0.25, 0.3) is 0 Å². The van der Waals surface area contributed by atoms with E-state index in [0.717, 1.165) is 60.1 Å². The van der Waals surface area contributed by atoms with E-state index < -0.39 is 47.3 Å². The van der Waals surface area contributed by atoms with Gasteiger partial charge in [-0.3, -0.25) is 19.2 Å². The molecule has 0 bridgehead atoms. The molecule has 320 valence electrons. The molecular weight excluding hydrogens is 769 g/mol. The number of esters is 4. The van der Waals surface area contributed by atoms with Crippen LogP contribution in [0.15, 0.2) is 60.7 Å². The predicted molar refractivity (Wildman–Crippen MR) is 224 cm³/mol. The van der Waals surface area contributed by atoms with Gasteiger partial charge in [0, 0.05) is 60.2 Å². The number of ether oxygens (including phenoxy) is 4. The standard InChI is InChI=1S/C46H54N4O10/c1-5-7-9-17-37(53)59-25-46(26-60-38(54)18-10-8-6-2)48-34-16-12-14-30-32(20-22-36(50-46)40(30)34)42-43(55)41(44(42)56)31-19-21-35-39-29(31)13-11-15-33(39)47-45(49-35,23-57-27(3)51)24-58-28(4)52/h11-16,19-22,41-44,47-50H,5-10,17-18,23-26H2,1-4H3/q-2. The van der Waals surface area contributed by atoms with Crippen LogP contribution in [-0.4, -0.2) is 73.8 Å². The summed E-state index contributed by atoms with van der Waals surface area (Å²) in [4.78, 5) is 49.1. The number of unbranched alkanes of at least 4 members (excludes halogenated alkanes) is 4. The maximum atomic E-state index is 14.4. The third-order valence-corrected chi connectivity index (χ3v) is 11.8. The summed E-state index contributed by atoms with van der Waals surface area (Å²) in [6.45, 7) is 6.24. The highest BCUT2D eigenvalue weighted by Crippen LogP contribution is 2.52. The van der Waals surface area contributed by atoms with Crippen molar-refractivity contribution in [2.24, 2.45) is 0 Å². The maximum absolute atomic E-state index is 14.4. The summed E-state index contributed by atoms with van der Waals surface area (Å²) >= 11 is 0. The maximum Gasteiger partial charge on any atom is 0.305 e. The summed E-state index contributed by atoms with van der Waals surface area (Å²) < 4.78 is 22.2. The molecule has 0 amide bonds. The van der Waals surface area contributed by atoms with Crippen LogP contribution < -0.4 is 31.5 Å². The van der Waals surface area contributed by atoms with E-state index in [-0.39, 0.29) is 51.2 Å². The van der Waals surface area contributed by atoms with Gasteiger partial charge in [0.05, 0.1) is 0 Å². The molecule has 4 aromatic rings. The molecule has 1 aliphatic carbocycles. The van der Waals surface area contributed by atoms with Crippen LogP contribution in [0.3, 0.4) is 0 Å². The van der Waals surface area contributed by atoms with Crippen molar-refractivity contribution in [1.29, 1.82) is 0 Å². The van der Waals surface area contributed by atoms with Crippen molar-refractivity contribution in [2.45, 2.75) is 114 Å². The molecule has 1 saturated carbocycles. The van der Waals surface area contributed by atoms with Crippen molar-refractivity contribution in [3.8, 4) is 0 Å². The van der Waals surface area contributed by atoms with E-state index in [1.165, 1.54) is 13.8 Å². The number of hydrogen-bond acceptors (Lipinski definition) is 14. The highest BCUT2D eigenvalue weighted by molar-refractivity contribution is 6.08. The molecule has 2 heterocycles. The topological polar surface area (TPSA) is 199 Å². The average molecular weight is 823 g/mol. The molecule has 2 unspecified atom stereocenters. The van der Waals surface area contributed by atoms with Gasteiger partial charge in [-0.2, -0.15) is 0 Å². The number of nitrogens with one attached hydrogen (secondary N) is 4. The first-order chi connectivity index (χ1) is 28.9. The summed E-state index contributed by atoms with van der Waals surface area (Å²) in [5.74, 6) is -3.32. The number of hydrogen-bond donors (Lipinski definition) is 4. The van der Waals surface area contributed by atoms with Crippen LogP contribution in [0.1, 0.15) is 102 Å². The Morgan fingerprint density at radius 3 is 1.27 bits per heavy atom. The molecule has 0 aromatic heterocycles. The van der Waals surface area contributed by atoms with E-state index in [9.17, 15) is 29.4 Å². The Bertz CT molecular complexity index is 2180. The second-order valence-electron chi connectivity index (χ2n) is 16.3. The van der Waals surface area contributed by atoms with Crippen molar-refractivity contribution in [2.75, 3.05) is 47.7 Å². The largest absolute Gasteiger partial charge is 0.851 e. The second kappa shape index (κ2) is 17.9. The van der Waals surface area contributed by atoms with Gasteiger partial charge in [0.2, 0.25) is 0 Å². The summed E-state index contributed by atoms with van der Waals surface area (Å²) in [5.41, 5.74) is 1.70. The lowest BCUT2D eigenvalue weighted by Crippen LogP contribution is -2.63. The normalized spacial score (nSPS) is 20.4.